The number of nitrogens with zero attached hydrogens (tertiary/aromatic N) is 2. The number of fused-ring (bicyclic) bond motifs is 1. The molecule has 0 saturated carbocycles. The lowest BCUT2D eigenvalue weighted by atomic mass is 10.0. The molecule has 0 bridgehead atoms. The maximum atomic E-state index is 14.3. The molecule has 0 aliphatic carbocycles. The number of hydrogen-bond donors (Lipinski definition) is 2. The van der Waals surface area contributed by atoms with Gasteiger partial charge in [0.2, 0.25) is 0 Å². The Morgan fingerprint density at radius 1 is 1.07 bits per heavy atom. The molecule has 27 heavy (non-hydrogen) atoms. The zero-order chi connectivity index (χ0) is 19.0. The van der Waals surface area contributed by atoms with Crippen LogP contribution in [0.2, 0.25) is 5.02 Å². The lowest BCUT2D eigenvalue weighted by Gasteiger charge is -2.16. The average Bonchev–Trinajstić information content (AvgIpc) is 3.13. The maximum Gasteiger partial charge on any atom is 0.139 e. The third-order valence-electron chi connectivity index (χ3n) is 4.49. The summed E-state index contributed by atoms with van der Waals surface area (Å²) in [5.74, 6) is -0.103. The lowest BCUT2D eigenvalue weighted by molar-refractivity contribution is 0.630. The van der Waals surface area contributed by atoms with Crippen molar-refractivity contribution in [2.45, 2.75) is 19.8 Å². The minimum atomic E-state index is -0.355. The van der Waals surface area contributed by atoms with Gasteiger partial charge in [0.25, 0.3) is 0 Å². The highest BCUT2D eigenvalue weighted by molar-refractivity contribution is 6.30. The van der Waals surface area contributed by atoms with Crippen molar-refractivity contribution >= 4 is 34.0 Å². The predicted molar refractivity (Wildman–Crippen MR) is 108 cm³/mol. The van der Waals surface area contributed by atoms with Gasteiger partial charge in [0.05, 0.1) is 11.4 Å². The highest BCUT2D eigenvalue weighted by Gasteiger charge is 2.14. The average molecular weight is 381 g/mol. The molecule has 3 heterocycles. The van der Waals surface area contributed by atoms with Gasteiger partial charge < -0.3 is 10.3 Å². The van der Waals surface area contributed by atoms with E-state index in [0.717, 1.165) is 28.0 Å². The molecule has 0 radical (unpaired) electrons. The molecule has 136 valence electrons. The summed E-state index contributed by atoms with van der Waals surface area (Å²) >= 11 is 6.05. The Morgan fingerprint density at radius 2 is 1.93 bits per heavy atom. The molecule has 4 aromatic rings. The minimum Gasteiger partial charge on any atom is -0.355 e. The van der Waals surface area contributed by atoms with Crippen LogP contribution in [0, 0.1) is 5.82 Å². The van der Waals surface area contributed by atoms with Crippen LogP contribution in [-0.2, 0) is 0 Å². The van der Waals surface area contributed by atoms with Crippen molar-refractivity contribution in [3.8, 4) is 11.3 Å². The van der Waals surface area contributed by atoms with E-state index in [0.29, 0.717) is 16.3 Å². The summed E-state index contributed by atoms with van der Waals surface area (Å²) in [5, 5.41) is 4.93. The summed E-state index contributed by atoms with van der Waals surface area (Å²) in [7, 11) is 0. The molecule has 0 spiro atoms. The fourth-order valence-corrected chi connectivity index (χ4v) is 3.26. The Kier molecular flexibility index (Phi) is 4.54. The second kappa shape index (κ2) is 7.00. The fraction of sp³-hybridized carbons (Fsp3) is 0.143. The molecule has 0 fully saturated rings. The van der Waals surface area contributed by atoms with Gasteiger partial charge in [0.1, 0.15) is 11.5 Å². The van der Waals surface area contributed by atoms with Crippen LogP contribution in [0.3, 0.4) is 0 Å². The van der Waals surface area contributed by atoms with Crippen LogP contribution >= 0.6 is 11.6 Å². The quantitative estimate of drug-likeness (QED) is 0.437. The number of halogens is 2. The van der Waals surface area contributed by atoms with E-state index >= 15 is 0 Å². The van der Waals surface area contributed by atoms with Gasteiger partial charge >= 0.3 is 0 Å². The summed E-state index contributed by atoms with van der Waals surface area (Å²) in [6.07, 6.45) is 5.39. The van der Waals surface area contributed by atoms with Crippen molar-refractivity contribution in [1.29, 1.82) is 0 Å². The summed E-state index contributed by atoms with van der Waals surface area (Å²) in [5.41, 5.74) is 4.56. The zero-order valence-electron chi connectivity index (χ0n) is 14.9. The maximum absolute atomic E-state index is 14.3. The van der Waals surface area contributed by atoms with E-state index in [2.05, 4.69) is 34.1 Å². The van der Waals surface area contributed by atoms with Crippen molar-refractivity contribution in [3.05, 3.63) is 71.4 Å². The molecular weight excluding hydrogens is 363 g/mol. The molecule has 6 heteroatoms. The highest BCUT2D eigenvalue weighted by atomic mass is 35.5. The van der Waals surface area contributed by atoms with Crippen LogP contribution in [0.1, 0.15) is 25.3 Å². The molecule has 4 rings (SSSR count). The molecule has 2 N–H and O–H groups in total. The van der Waals surface area contributed by atoms with Gasteiger partial charge in [0, 0.05) is 40.3 Å². The summed E-state index contributed by atoms with van der Waals surface area (Å²) in [6, 6.07) is 10.2. The van der Waals surface area contributed by atoms with Gasteiger partial charge in [-0.05, 0) is 47.9 Å². The summed E-state index contributed by atoms with van der Waals surface area (Å²) in [6.45, 7) is 4.19. The Balaban J connectivity index is 1.83. The number of nitrogens with one attached hydrogen (secondary N) is 2. The van der Waals surface area contributed by atoms with Gasteiger partial charge in [-0.2, -0.15) is 0 Å². The number of aromatic nitrogens is 3. The van der Waals surface area contributed by atoms with Crippen molar-refractivity contribution in [2.75, 3.05) is 5.32 Å². The van der Waals surface area contributed by atoms with Crippen LogP contribution in [0.25, 0.3) is 22.3 Å². The second-order valence-corrected chi connectivity index (χ2v) is 7.10. The van der Waals surface area contributed by atoms with Gasteiger partial charge in [-0.3, -0.25) is 4.98 Å². The number of H-pyrrole nitrogens is 1. The number of rotatable bonds is 4. The second-order valence-electron chi connectivity index (χ2n) is 6.66. The Hall–Kier alpha value is -2.92. The number of hydrogen-bond acceptors (Lipinski definition) is 3. The standard InChI is InChI=1S/C21H18ClFN4/c1-12(2)16-11-26-19(15-9-13(22)3-4-17(15)23)10-20(16)27-18-6-8-25-21-14(18)5-7-24-21/h3-12H,1-2H3,(H2,24,25,26,27). The smallest absolute Gasteiger partial charge is 0.139 e. The molecule has 0 aliphatic heterocycles. The number of benzene rings is 1. The van der Waals surface area contributed by atoms with E-state index in [1.165, 1.54) is 12.1 Å². The number of anilines is 2. The molecule has 0 amide bonds. The highest BCUT2D eigenvalue weighted by Crippen LogP contribution is 2.33. The van der Waals surface area contributed by atoms with E-state index < -0.39 is 0 Å². The first-order valence-electron chi connectivity index (χ1n) is 8.67. The fourth-order valence-electron chi connectivity index (χ4n) is 3.09. The van der Waals surface area contributed by atoms with Gasteiger partial charge in [-0.1, -0.05) is 25.4 Å². The van der Waals surface area contributed by atoms with Crippen LogP contribution in [-0.4, -0.2) is 15.0 Å². The van der Waals surface area contributed by atoms with Gasteiger partial charge in [0.15, 0.2) is 0 Å². The van der Waals surface area contributed by atoms with E-state index in [9.17, 15) is 4.39 Å². The van der Waals surface area contributed by atoms with Crippen LogP contribution in [0.4, 0.5) is 15.8 Å². The first kappa shape index (κ1) is 17.5. The monoisotopic (exact) mass is 380 g/mol. The molecule has 3 aromatic heterocycles. The van der Waals surface area contributed by atoms with Crippen LogP contribution in [0.5, 0.6) is 0 Å². The Morgan fingerprint density at radius 3 is 2.74 bits per heavy atom. The third kappa shape index (κ3) is 3.38. The Bertz CT molecular complexity index is 1120. The van der Waals surface area contributed by atoms with Crippen molar-refractivity contribution in [1.82, 2.24) is 15.0 Å². The van der Waals surface area contributed by atoms with Gasteiger partial charge in [-0.25, -0.2) is 9.37 Å². The largest absolute Gasteiger partial charge is 0.355 e. The summed E-state index contributed by atoms with van der Waals surface area (Å²) in [4.78, 5) is 11.9. The summed E-state index contributed by atoms with van der Waals surface area (Å²) < 4.78 is 14.3. The lowest BCUT2D eigenvalue weighted by Crippen LogP contribution is -2.01. The molecule has 1 aromatic carbocycles. The molecular formula is C21H18ClFN4. The minimum absolute atomic E-state index is 0.252. The molecule has 0 unspecified atom stereocenters. The normalized spacial score (nSPS) is 11.3. The zero-order valence-corrected chi connectivity index (χ0v) is 15.7. The number of aromatic amines is 1. The van der Waals surface area contributed by atoms with Crippen molar-refractivity contribution < 1.29 is 4.39 Å². The predicted octanol–water partition coefficient (Wildman–Crippen LogP) is 6.28. The molecule has 0 saturated heterocycles. The SMILES string of the molecule is CC(C)c1cnc(-c2cc(Cl)ccc2F)cc1Nc1ccnc2[nH]ccc12. The van der Waals surface area contributed by atoms with Gasteiger partial charge in [-0.15, -0.1) is 0 Å². The number of pyridine rings is 2. The van der Waals surface area contributed by atoms with E-state index in [-0.39, 0.29) is 11.7 Å². The third-order valence-corrected chi connectivity index (χ3v) is 4.73. The molecule has 4 nitrogen and oxygen atoms in total. The van der Waals surface area contributed by atoms with Crippen LogP contribution in [0.15, 0.2) is 55.0 Å². The molecule has 0 atom stereocenters. The Labute approximate surface area is 161 Å². The first-order valence-corrected chi connectivity index (χ1v) is 9.05. The topological polar surface area (TPSA) is 53.6 Å². The van der Waals surface area contributed by atoms with E-state index in [4.69, 9.17) is 11.6 Å². The van der Waals surface area contributed by atoms with Crippen LogP contribution < -0.4 is 5.32 Å². The van der Waals surface area contributed by atoms with E-state index in [1.807, 2.05) is 24.4 Å². The first-order chi connectivity index (χ1) is 13.0. The van der Waals surface area contributed by atoms with Crippen molar-refractivity contribution in [2.24, 2.45) is 0 Å². The molecule has 0 aliphatic rings. The van der Waals surface area contributed by atoms with Crippen molar-refractivity contribution in [3.63, 3.8) is 0 Å². The van der Waals surface area contributed by atoms with E-state index in [1.54, 1.807) is 18.5 Å².